The summed E-state index contributed by atoms with van der Waals surface area (Å²) in [6.45, 7) is 3.52. The van der Waals surface area contributed by atoms with Crippen molar-refractivity contribution < 1.29 is 13.9 Å². The molecule has 1 atom stereocenters. The number of rotatable bonds is 7. The molecule has 1 N–H and O–H groups in total. The summed E-state index contributed by atoms with van der Waals surface area (Å²) >= 11 is 0. The Morgan fingerprint density at radius 2 is 1.90 bits per heavy atom. The summed E-state index contributed by atoms with van der Waals surface area (Å²) in [6.07, 6.45) is 5.92. The lowest BCUT2D eigenvalue weighted by Gasteiger charge is -2.36. The molecule has 0 saturated carbocycles. The first-order chi connectivity index (χ1) is 15.1. The van der Waals surface area contributed by atoms with Gasteiger partial charge in [0.25, 0.3) is 5.91 Å². The van der Waals surface area contributed by atoms with Crippen molar-refractivity contribution in [2.24, 2.45) is 0 Å². The van der Waals surface area contributed by atoms with Crippen LogP contribution in [0.3, 0.4) is 0 Å². The summed E-state index contributed by atoms with van der Waals surface area (Å²) in [4.78, 5) is 17.2. The van der Waals surface area contributed by atoms with Crippen LogP contribution in [0.1, 0.15) is 42.9 Å². The highest BCUT2D eigenvalue weighted by atomic mass is 19.1. The number of piperidine rings is 1. The topological polar surface area (TPSA) is 44.8 Å². The number of amides is 1. The first-order valence-electron chi connectivity index (χ1n) is 11.3. The van der Waals surface area contributed by atoms with E-state index in [0.717, 1.165) is 26.1 Å². The van der Waals surface area contributed by atoms with Crippen LogP contribution >= 0.6 is 0 Å². The number of anilines is 1. The molecule has 2 aliphatic heterocycles. The van der Waals surface area contributed by atoms with Gasteiger partial charge in [0.2, 0.25) is 0 Å². The van der Waals surface area contributed by atoms with Gasteiger partial charge in [-0.2, -0.15) is 0 Å². The minimum absolute atomic E-state index is 0.101. The molecular weight excluding hydrogens is 393 g/mol. The second-order valence-electron chi connectivity index (χ2n) is 8.55. The fourth-order valence-corrected chi connectivity index (χ4v) is 4.67. The first-order valence-corrected chi connectivity index (χ1v) is 11.3. The SMILES string of the molecule is CN1CCCc2cc(C(CNC(=O)COc3ccccc3F)N3CCCCC3)ccc21. The van der Waals surface area contributed by atoms with Crippen LogP contribution in [0, 0.1) is 5.82 Å². The smallest absolute Gasteiger partial charge is 0.258 e. The number of aryl methyl sites for hydroxylation is 1. The number of halogens is 1. The summed E-state index contributed by atoms with van der Waals surface area (Å²) in [7, 11) is 2.15. The summed E-state index contributed by atoms with van der Waals surface area (Å²) < 4.78 is 19.1. The molecule has 6 heteroatoms. The fourth-order valence-electron chi connectivity index (χ4n) is 4.67. The molecule has 0 radical (unpaired) electrons. The number of hydrogen-bond donors (Lipinski definition) is 1. The molecule has 2 heterocycles. The van der Waals surface area contributed by atoms with E-state index in [0.29, 0.717) is 6.54 Å². The van der Waals surface area contributed by atoms with Gasteiger partial charge in [-0.15, -0.1) is 0 Å². The number of nitrogens with one attached hydrogen (secondary N) is 1. The highest BCUT2D eigenvalue weighted by molar-refractivity contribution is 5.77. The van der Waals surface area contributed by atoms with Crippen molar-refractivity contribution in [3.63, 3.8) is 0 Å². The van der Waals surface area contributed by atoms with Crippen molar-refractivity contribution in [3.05, 3.63) is 59.4 Å². The van der Waals surface area contributed by atoms with Gasteiger partial charge in [0, 0.05) is 25.8 Å². The Morgan fingerprint density at radius 3 is 2.71 bits per heavy atom. The van der Waals surface area contributed by atoms with Crippen molar-refractivity contribution in [1.82, 2.24) is 10.2 Å². The second-order valence-corrected chi connectivity index (χ2v) is 8.55. The van der Waals surface area contributed by atoms with Gasteiger partial charge in [0.05, 0.1) is 6.04 Å². The quantitative estimate of drug-likeness (QED) is 0.730. The van der Waals surface area contributed by atoms with E-state index < -0.39 is 5.82 Å². The van der Waals surface area contributed by atoms with Crippen LogP contribution in [0.15, 0.2) is 42.5 Å². The van der Waals surface area contributed by atoms with Gasteiger partial charge >= 0.3 is 0 Å². The van der Waals surface area contributed by atoms with E-state index in [2.05, 4.69) is 40.4 Å². The van der Waals surface area contributed by atoms with Crippen molar-refractivity contribution in [3.8, 4) is 5.75 Å². The molecule has 1 unspecified atom stereocenters. The van der Waals surface area contributed by atoms with Crippen LogP contribution < -0.4 is 15.0 Å². The predicted octanol–water partition coefficient (Wildman–Crippen LogP) is 3.93. The number of ether oxygens (including phenoxy) is 1. The third-order valence-electron chi connectivity index (χ3n) is 6.36. The van der Waals surface area contributed by atoms with Gasteiger partial charge in [-0.1, -0.05) is 30.7 Å². The van der Waals surface area contributed by atoms with Crippen molar-refractivity contribution in [1.29, 1.82) is 0 Å². The molecule has 166 valence electrons. The number of para-hydroxylation sites is 1. The summed E-state index contributed by atoms with van der Waals surface area (Å²) in [5.74, 6) is -0.590. The van der Waals surface area contributed by atoms with Crippen molar-refractivity contribution >= 4 is 11.6 Å². The summed E-state index contributed by atoms with van der Waals surface area (Å²) in [5.41, 5.74) is 3.96. The fraction of sp³-hybridized carbons (Fsp3) is 0.480. The van der Waals surface area contributed by atoms with Gasteiger partial charge in [-0.25, -0.2) is 4.39 Å². The van der Waals surface area contributed by atoms with Gasteiger partial charge in [-0.3, -0.25) is 9.69 Å². The number of nitrogens with zero attached hydrogens (tertiary/aromatic N) is 2. The molecule has 5 nitrogen and oxygen atoms in total. The predicted molar refractivity (Wildman–Crippen MR) is 121 cm³/mol. The molecule has 31 heavy (non-hydrogen) atoms. The Morgan fingerprint density at radius 1 is 1.10 bits per heavy atom. The van der Waals surface area contributed by atoms with Crippen LogP contribution in [0.5, 0.6) is 5.75 Å². The van der Waals surface area contributed by atoms with Crippen LogP contribution in [-0.4, -0.2) is 50.6 Å². The van der Waals surface area contributed by atoms with Crippen molar-refractivity contribution in [2.75, 3.05) is 44.7 Å². The van der Waals surface area contributed by atoms with Gasteiger partial charge < -0.3 is 15.0 Å². The standard InChI is InChI=1S/C25H32FN3O2/c1-28-13-7-8-19-16-20(11-12-22(19)28)23(29-14-5-2-6-15-29)17-27-25(30)18-31-24-10-4-3-9-21(24)26/h3-4,9-12,16,23H,2,5-8,13-15,17-18H2,1H3,(H,27,30). The minimum atomic E-state index is -0.458. The normalized spacial score (nSPS) is 17.7. The lowest BCUT2D eigenvalue weighted by molar-refractivity contribution is -0.123. The Labute approximate surface area is 184 Å². The first kappa shape index (κ1) is 21.6. The molecule has 1 amide bonds. The Hall–Kier alpha value is -2.60. The lowest BCUT2D eigenvalue weighted by atomic mass is 9.95. The summed E-state index contributed by atoms with van der Waals surface area (Å²) in [6, 6.07) is 13.0. The van der Waals surface area contributed by atoms with E-state index in [-0.39, 0.29) is 24.3 Å². The highest BCUT2D eigenvalue weighted by Gasteiger charge is 2.25. The third kappa shape index (κ3) is 5.37. The molecule has 0 spiro atoms. The number of likely N-dealkylation sites (tertiary alicyclic amines) is 1. The van der Waals surface area contributed by atoms with Crippen LogP contribution in [0.4, 0.5) is 10.1 Å². The minimum Gasteiger partial charge on any atom is -0.481 e. The maximum Gasteiger partial charge on any atom is 0.258 e. The number of benzene rings is 2. The van der Waals surface area contributed by atoms with Crippen molar-refractivity contribution in [2.45, 2.75) is 38.1 Å². The Bertz CT molecular complexity index is 898. The molecule has 2 aromatic rings. The zero-order valence-corrected chi connectivity index (χ0v) is 18.3. The number of hydrogen-bond acceptors (Lipinski definition) is 4. The van der Waals surface area contributed by atoms with Gasteiger partial charge in [-0.05, 0) is 68.1 Å². The molecule has 0 aromatic heterocycles. The van der Waals surface area contributed by atoms with Gasteiger partial charge in [0.15, 0.2) is 18.2 Å². The molecule has 0 bridgehead atoms. The Balaban J connectivity index is 1.43. The molecular formula is C25H32FN3O2. The molecule has 4 rings (SSSR count). The van der Waals surface area contributed by atoms with Crippen LogP contribution in [0.2, 0.25) is 0 Å². The monoisotopic (exact) mass is 425 g/mol. The zero-order chi connectivity index (χ0) is 21.6. The highest BCUT2D eigenvalue weighted by Crippen LogP contribution is 2.31. The van der Waals surface area contributed by atoms with E-state index in [1.54, 1.807) is 12.1 Å². The number of carbonyl (C=O) groups excluding carboxylic acids is 1. The van der Waals surface area contributed by atoms with Crippen LogP contribution in [-0.2, 0) is 11.2 Å². The number of carbonyl (C=O) groups is 1. The Kier molecular flexibility index (Phi) is 7.07. The van der Waals surface area contributed by atoms with E-state index in [1.165, 1.54) is 54.6 Å². The van der Waals surface area contributed by atoms with Crippen LogP contribution in [0.25, 0.3) is 0 Å². The van der Waals surface area contributed by atoms with E-state index >= 15 is 0 Å². The molecule has 1 fully saturated rings. The maximum absolute atomic E-state index is 13.7. The number of fused-ring (bicyclic) bond motifs is 1. The second kappa shape index (κ2) is 10.1. The van der Waals surface area contributed by atoms with E-state index in [1.807, 2.05) is 0 Å². The molecule has 2 aromatic carbocycles. The van der Waals surface area contributed by atoms with E-state index in [4.69, 9.17) is 4.74 Å². The molecule has 0 aliphatic carbocycles. The average molecular weight is 426 g/mol. The summed E-state index contributed by atoms with van der Waals surface area (Å²) in [5, 5.41) is 3.02. The van der Waals surface area contributed by atoms with Gasteiger partial charge in [0.1, 0.15) is 0 Å². The molecule has 1 saturated heterocycles. The zero-order valence-electron chi connectivity index (χ0n) is 18.3. The molecule has 2 aliphatic rings. The maximum atomic E-state index is 13.7. The largest absolute Gasteiger partial charge is 0.481 e. The average Bonchev–Trinajstić information content (AvgIpc) is 2.79. The third-order valence-corrected chi connectivity index (χ3v) is 6.36. The lowest BCUT2D eigenvalue weighted by Crippen LogP contribution is -2.41. The van der Waals surface area contributed by atoms with E-state index in [9.17, 15) is 9.18 Å².